The van der Waals surface area contributed by atoms with Crippen LogP contribution in [0.1, 0.15) is 75.1 Å². The van der Waals surface area contributed by atoms with Crippen molar-refractivity contribution in [2.75, 3.05) is 19.6 Å². The van der Waals surface area contributed by atoms with Crippen LogP contribution < -0.4 is 5.32 Å². The molecule has 1 aliphatic rings. The number of amides is 2. The normalized spacial score (nSPS) is 14.4. The lowest BCUT2D eigenvalue weighted by Crippen LogP contribution is -2.40. The summed E-state index contributed by atoms with van der Waals surface area (Å²) in [6, 6.07) is 1.89. The average molecular weight is 386 g/mol. The van der Waals surface area contributed by atoms with Crippen molar-refractivity contribution in [3.63, 3.8) is 0 Å². The summed E-state index contributed by atoms with van der Waals surface area (Å²) in [5.74, 6) is 0.0939. The first-order chi connectivity index (χ1) is 13.2. The van der Waals surface area contributed by atoms with Crippen molar-refractivity contribution in [3.8, 4) is 0 Å². The van der Waals surface area contributed by atoms with Crippen molar-refractivity contribution in [2.45, 2.75) is 65.8 Å². The van der Waals surface area contributed by atoms with Crippen LogP contribution in [0, 0.1) is 6.92 Å². The lowest BCUT2D eigenvalue weighted by atomic mass is 10.1. The van der Waals surface area contributed by atoms with Gasteiger partial charge in [-0.25, -0.2) is 9.67 Å². The van der Waals surface area contributed by atoms with Gasteiger partial charge in [0.1, 0.15) is 0 Å². The highest BCUT2D eigenvalue weighted by Crippen LogP contribution is 2.40. The maximum Gasteiger partial charge on any atom is 0.252 e. The molecular formula is C21H31N5O2. The molecular weight excluding hydrogens is 354 g/mol. The Balaban J connectivity index is 1.99. The number of carbonyl (C=O) groups is 2. The molecule has 7 heteroatoms. The molecule has 1 aliphatic carbocycles. The molecule has 1 fully saturated rings. The van der Waals surface area contributed by atoms with Gasteiger partial charge >= 0.3 is 0 Å². The average Bonchev–Trinajstić information content (AvgIpc) is 3.43. The highest BCUT2D eigenvalue weighted by molar-refractivity contribution is 6.07. The number of aryl methyl sites for hydroxylation is 1. The van der Waals surface area contributed by atoms with Gasteiger partial charge in [-0.1, -0.05) is 0 Å². The number of pyridine rings is 1. The molecule has 152 valence electrons. The predicted molar refractivity (Wildman–Crippen MR) is 109 cm³/mol. The molecule has 0 spiro atoms. The Morgan fingerprint density at radius 3 is 2.43 bits per heavy atom. The second-order valence-electron chi connectivity index (χ2n) is 8.48. The zero-order valence-corrected chi connectivity index (χ0v) is 17.8. The summed E-state index contributed by atoms with van der Waals surface area (Å²) >= 11 is 0. The third kappa shape index (κ3) is 3.88. The van der Waals surface area contributed by atoms with Crippen LogP contribution in [0.15, 0.2) is 6.07 Å². The fourth-order valence-corrected chi connectivity index (χ4v) is 3.48. The predicted octanol–water partition coefficient (Wildman–Crippen LogP) is 2.97. The number of likely N-dealkylation sites (N-methyl/N-ethyl adjacent to an activating group) is 1. The second kappa shape index (κ2) is 7.53. The van der Waals surface area contributed by atoms with Crippen LogP contribution in [-0.4, -0.2) is 51.1 Å². The molecule has 0 aromatic carbocycles. The molecule has 1 saturated carbocycles. The summed E-state index contributed by atoms with van der Waals surface area (Å²) in [7, 11) is 0. The summed E-state index contributed by atoms with van der Waals surface area (Å²) in [5.41, 5.74) is 2.79. The van der Waals surface area contributed by atoms with Crippen molar-refractivity contribution >= 4 is 22.8 Å². The Bertz CT molecular complexity index is 902. The molecule has 2 heterocycles. The standard InChI is InChI=1S/C21H31N5O2/c1-7-25(8-2)17(27)12-22-20(28)15-11-16(14-9-10-14)23-19-18(15)13(3)24-26(19)21(4,5)6/h11,14H,7-10,12H2,1-6H3,(H,22,28). The van der Waals surface area contributed by atoms with Gasteiger partial charge in [0.25, 0.3) is 5.91 Å². The van der Waals surface area contributed by atoms with Crippen molar-refractivity contribution < 1.29 is 9.59 Å². The quantitative estimate of drug-likeness (QED) is 0.829. The SMILES string of the molecule is CCN(CC)C(=O)CNC(=O)c1cc(C2CC2)nc2c1c(C)nn2C(C)(C)C. The van der Waals surface area contributed by atoms with Gasteiger partial charge < -0.3 is 10.2 Å². The number of carbonyl (C=O) groups excluding carboxylic acids is 2. The van der Waals surface area contributed by atoms with Crippen LogP contribution in [-0.2, 0) is 10.3 Å². The van der Waals surface area contributed by atoms with Gasteiger partial charge in [-0.15, -0.1) is 0 Å². The van der Waals surface area contributed by atoms with Crippen LogP contribution in [0.4, 0.5) is 0 Å². The van der Waals surface area contributed by atoms with Gasteiger partial charge in [0.15, 0.2) is 5.65 Å². The van der Waals surface area contributed by atoms with Crippen LogP contribution in [0.3, 0.4) is 0 Å². The minimum absolute atomic E-state index is 0.00442. The van der Waals surface area contributed by atoms with E-state index in [1.807, 2.05) is 31.5 Å². The van der Waals surface area contributed by atoms with Gasteiger partial charge in [-0.3, -0.25) is 9.59 Å². The zero-order chi connectivity index (χ0) is 20.6. The summed E-state index contributed by atoms with van der Waals surface area (Å²) in [4.78, 5) is 31.9. The Kier molecular flexibility index (Phi) is 5.46. The molecule has 1 N–H and O–H groups in total. The maximum atomic E-state index is 13.0. The molecule has 0 unspecified atom stereocenters. The monoisotopic (exact) mass is 385 g/mol. The number of aromatic nitrogens is 3. The van der Waals surface area contributed by atoms with E-state index >= 15 is 0 Å². The number of fused-ring (bicyclic) bond motifs is 1. The first kappa shape index (κ1) is 20.3. The van der Waals surface area contributed by atoms with Crippen LogP contribution in [0.25, 0.3) is 11.0 Å². The highest BCUT2D eigenvalue weighted by atomic mass is 16.2. The lowest BCUT2D eigenvalue weighted by molar-refractivity contribution is -0.129. The maximum absolute atomic E-state index is 13.0. The summed E-state index contributed by atoms with van der Waals surface area (Å²) < 4.78 is 1.90. The van der Waals surface area contributed by atoms with Crippen molar-refractivity contribution in [3.05, 3.63) is 23.0 Å². The van der Waals surface area contributed by atoms with Crippen molar-refractivity contribution in [1.29, 1.82) is 0 Å². The summed E-state index contributed by atoms with van der Waals surface area (Å²) in [6.07, 6.45) is 2.20. The molecule has 2 aromatic heterocycles. The van der Waals surface area contributed by atoms with E-state index in [1.54, 1.807) is 4.90 Å². The zero-order valence-electron chi connectivity index (χ0n) is 17.8. The largest absolute Gasteiger partial charge is 0.343 e. The van der Waals surface area contributed by atoms with Gasteiger partial charge in [0, 0.05) is 24.7 Å². The molecule has 28 heavy (non-hydrogen) atoms. The van der Waals surface area contributed by atoms with E-state index < -0.39 is 0 Å². The molecule has 0 radical (unpaired) electrons. The van der Waals surface area contributed by atoms with E-state index in [0.717, 1.165) is 35.3 Å². The highest BCUT2D eigenvalue weighted by Gasteiger charge is 2.30. The molecule has 2 aromatic rings. The smallest absolute Gasteiger partial charge is 0.252 e. The van der Waals surface area contributed by atoms with Crippen molar-refractivity contribution in [1.82, 2.24) is 25.0 Å². The molecule has 0 aliphatic heterocycles. The molecule has 3 rings (SSSR count). The molecule has 7 nitrogen and oxygen atoms in total. The van der Waals surface area contributed by atoms with Crippen LogP contribution >= 0.6 is 0 Å². The van der Waals surface area contributed by atoms with E-state index in [1.165, 1.54) is 0 Å². The summed E-state index contributed by atoms with van der Waals surface area (Å²) in [6.45, 7) is 13.3. The number of nitrogens with one attached hydrogen (secondary N) is 1. The molecule has 0 atom stereocenters. The van der Waals surface area contributed by atoms with E-state index in [9.17, 15) is 9.59 Å². The molecule has 0 bridgehead atoms. The lowest BCUT2D eigenvalue weighted by Gasteiger charge is -2.20. The van der Waals surface area contributed by atoms with Crippen molar-refractivity contribution in [2.24, 2.45) is 0 Å². The van der Waals surface area contributed by atoms with Crippen LogP contribution in [0.2, 0.25) is 0 Å². The minimum atomic E-state index is -0.244. The third-order valence-electron chi connectivity index (χ3n) is 5.22. The Hall–Kier alpha value is -2.44. The number of hydrogen-bond donors (Lipinski definition) is 1. The second-order valence-corrected chi connectivity index (χ2v) is 8.48. The number of hydrogen-bond acceptors (Lipinski definition) is 4. The van der Waals surface area contributed by atoms with E-state index in [2.05, 4.69) is 31.2 Å². The Morgan fingerprint density at radius 1 is 1.25 bits per heavy atom. The topological polar surface area (TPSA) is 80.1 Å². The Morgan fingerprint density at radius 2 is 1.89 bits per heavy atom. The Labute approximate surface area is 166 Å². The fourth-order valence-electron chi connectivity index (χ4n) is 3.48. The van der Waals surface area contributed by atoms with Gasteiger partial charge in [-0.2, -0.15) is 5.10 Å². The fraction of sp³-hybridized carbons (Fsp3) is 0.619. The molecule has 0 saturated heterocycles. The van der Waals surface area contributed by atoms with E-state index in [4.69, 9.17) is 4.98 Å². The van der Waals surface area contributed by atoms with Gasteiger partial charge in [0.05, 0.1) is 28.7 Å². The van der Waals surface area contributed by atoms with Gasteiger partial charge in [0.2, 0.25) is 5.91 Å². The summed E-state index contributed by atoms with van der Waals surface area (Å²) in [5, 5.41) is 8.25. The van der Waals surface area contributed by atoms with E-state index in [0.29, 0.717) is 24.6 Å². The number of rotatable bonds is 6. The van der Waals surface area contributed by atoms with Gasteiger partial charge in [-0.05, 0) is 60.5 Å². The third-order valence-corrected chi connectivity index (χ3v) is 5.22. The van der Waals surface area contributed by atoms with Crippen LogP contribution in [0.5, 0.6) is 0 Å². The minimum Gasteiger partial charge on any atom is -0.343 e. The van der Waals surface area contributed by atoms with E-state index in [-0.39, 0.29) is 23.9 Å². The molecule has 2 amide bonds. The number of nitrogens with zero attached hydrogens (tertiary/aromatic N) is 4. The first-order valence-electron chi connectivity index (χ1n) is 10.1. The first-order valence-corrected chi connectivity index (χ1v) is 10.1.